The van der Waals surface area contributed by atoms with E-state index in [0.29, 0.717) is 0 Å². The fourth-order valence-corrected chi connectivity index (χ4v) is 3.98. The predicted octanol–water partition coefficient (Wildman–Crippen LogP) is 4.57. The molecule has 0 aromatic carbocycles. The molecule has 0 heterocycles. The van der Waals surface area contributed by atoms with Gasteiger partial charge in [-0.1, -0.05) is 52.4 Å². The van der Waals surface area contributed by atoms with Gasteiger partial charge in [-0.25, -0.2) is 0 Å². The number of nitrogens with zero attached hydrogens (tertiary/aromatic N) is 1. The van der Waals surface area contributed by atoms with Crippen LogP contribution < -0.4 is 0 Å². The van der Waals surface area contributed by atoms with Gasteiger partial charge in [0.15, 0.2) is 0 Å². The van der Waals surface area contributed by atoms with Gasteiger partial charge in [0.1, 0.15) is 0 Å². The highest BCUT2D eigenvalue weighted by Crippen LogP contribution is 2.46. The monoisotopic (exact) mass is 251 g/mol. The Morgan fingerprint density at radius 1 is 1.22 bits per heavy atom. The van der Waals surface area contributed by atoms with Crippen molar-refractivity contribution in [2.45, 2.75) is 71.3 Å². The second kappa shape index (κ2) is 6.41. The maximum atomic E-state index is 2.52. The summed E-state index contributed by atoms with van der Waals surface area (Å²) in [5, 5.41) is 0. The fraction of sp³-hybridized carbons (Fsp3) is 1.00. The summed E-state index contributed by atoms with van der Waals surface area (Å²) < 4.78 is 0. The second-order valence-electron chi connectivity index (χ2n) is 7.24. The van der Waals surface area contributed by atoms with Gasteiger partial charge >= 0.3 is 0 Å². The Kier molecular flexibility index (Phi) is 5.12. The summed E-state index contributed by atoms with van der Waals surface area (Å²) in [6.45, 7) is 4.86. The van der Waals surface area contributed by atoms with Crippen LogP contribution in [0.15, 0.2) is 0 Å². The van der Waals surface area contributed by atoms with Gasteiger partial charge in [-0.3, -0.25) is 0 Å². The van der Waals surface area contributed by atoms with E-state index in [1.54, 1.807) is 0 Å². The third kappa shape index (κ3) is 3.50. The quantitative estimate of drug-likeness (QED) is 0.611. The van der Waals surface area contributed by atoms with Crippen molar-refractivity contribution in [3.63, 3.8) is 0 Å². The Labute approximate surface area is 114 Å². The minimum absolute atomic E-state index is 0.896. The van der Waals surface area contributed by atoms with Crippen LogP contribution in [0.25, 0.3) is 0 Å². The number of unbranched alkanes of at least 4 members (excludes halogenated alkanes) is 1. The zero-order valence-corrected chi connectivity index (χ0v) is 13.0. The maximum absolute atomic E-state index is 2.52. The van der Waals surface area contributed by atoms with E-state index in [0.717, 1.165) is 29.7 Å². The third-order valence-electron chi connectivity index (χ3n) is 5.62. The van der Waals surface area contributed by atoms with Crippen LogP contribution in [0.4, 0.5) is 0 Å². The molecule has 1 nitrogen and oxygen atoms in total. The van der Waals surface area contributed by atoms with Gasteiger partial charge in [0.25, 0.3) is 0 Å². The van der Waals surface area contributed by atoms with Gasteiger partial charge in [-0.05, 0) is 50.6 Å². The molecule has 0 bridgehead atoms. The smallest absolute Gasteiger partial charge is 0.0124 e. The highest BCUT2D eigenvalue weighted by molar-refractivity contribution is 4.96. The standard InChI is InChI=1S/C17H33N/c1-5-6-8-15(14-9-7-10-14)11-13(2)16-12-17(16)18(3)4/h13-17H,5-12H2,1-4H3. The van der Waals surface area contributed by atoms with Crippen LogP contribution in [-0.4, -0.2) is 25.0 Å². The number of hydrogen-bond acceptors (Lipinski definition) is 1. The lowest BCUT2D eigenvalue weighted by atomic mass is 9.70. The fourth-order valence-electron chi connectivity index (χ4n) is 3.98. The predicted molar refractivity (Wildman–Crippen MR) is 79.7 cm³/mol. The van der Waals surface area contributed by atoms with Crippen molar-refractivity contribution >= 4 is 0 Å². The summed E-state index contributed by atoms with van der Waals surface area (Å²) >= 11 is 0. The van der Waals surface area contributed by atoms with Crippen LogP contribution in [-0.2, 0) is 0 Å². The molecule has 0 saturated heterocycles. The zero-order chi connectivity index (χ0) is 13.1. The molecule has 106 valence electrons. The van der Waals surface area contributed by atoms with E-state index in [9.17, 15) is 0 Å². The van der Waals surface area contributed by atoms with Crippen LogP contribution >= 0.6 is 0 Å². The lowest BCUT2D eigenvalue weighted by Crippen LogP contribution is -2.25. The third-order valence-corrected chi connectivity index (χ3v) is 5.62. The van der Waals surface area contributed by atoms with Crippen molar-refractivity contribution < 1.29 is 0 Å². The first-order chi connectivity index (χ1) is 8.63. The van der Waals surface area contributed by atoms with Gasteiger partial charge in [0, 0.05) is 6.04 Å². The first-order valence-electron chi connectivity index (χ1n) is 8.29. The molecule has 2 rings (SSSR count). The summed E-state index contributed by atoms with van der Waals surface area (Å²) in [6.07, 6.45) is 11.9. The molecule has 0 spiro atoms. The van der Waals surface area contributed by atoms with E-state index in [1.807, 2.05) is 0 Å². The molecule has 2 aliphatic rings. The molecule has 18 heavy (non-hydrogen) atoms. The van der Waals surface area contributed by atoms with Crippen LogP contribution in [0.5, 0.6) is 0 Å². The van der Waals surface area contributed by atoms with Crippen molar-refractivity contribution in [3.8, 4) is 0 Å². The highest BCUT2D eigenvalue weighted by atomic mass is 15.1. The number of hydrogen-bond donors (Lipinski definition) is 0. The molecule has 1 heteroatoms. The molecule has 0 N–H and O–H groups in total. The highest BCUT2D eigenvalue weighted by Gasteiger charge is 2.43. The van der Waals surface area contributed by atoms with Crippen molar-refractivity contribution in [2.24, 2.45) is 23.7 Å². The average molecular weight is 251 g/mol. The second-order valence-corrected chi connectivity index (χ2v) is 7.24. The van der Waals surface area contributed by atoms with Gasteiger partial charge in [-0.15, -0.1) is 0 Å². The first kappa shape index (κ1) is 14.4. The Morgan fingerprint density at radius 3 is 2.39 bits per heavy atom. The van der Waals surface area contributed by atoms with Crippen molar-refractivity contribution in [1.82, 2.24) is 4.90 Å². The van der Waals surface area contributed by atoms with Crippen molar-refractivity contribution in [2.75, 3.05) is 14.1 Å². The molecule has 0 aromatic rings. The maximum Gasteiger partial charge on any atom is 0.0124 e. The summed E-state index contributed by atoms with van der Waals surface area (Å²) in [5.41, 5.74) is 0. The van der Waals surface area contributed by atoms with E-state index in [1.165, 1.54) is 51.4 Å². The Bertz CT molecular complexity index is 244. The molecule has 4 atom stereocenters. The lowest BCUT2D eigenvalue weighted by molar-refractivity contribution is 0.157. The minimum atomic E-state index is 0.896. The van der Waals surface area contributed by atoms with Crippen molar-refractivity contribution in [1.29, 1.82) is 0 Å². The largest absolute Gasteiger partial charge is 0.306 e. The van der Waals surface area contributed by atoms with Crippen LogP contribution in [0.3, 0.4) is 0 Å². The van der Waals surface area contributed by atoms with Crippen molar-refractivity contribution in [3.05, 3.63) is 0 Å². The molecule has 0 amide bonds. The molecule has 2 fully saturated rings. The summed E-state index contributed by atoms with van der Waals surface area (Å²) in [5.74, 6) is 4.11. The van der Waals surface area contributed by atoms with E-state index in [2.05, 4.69) is 32.8 Å². The Balaban J connectivity index is 1.77. The van der Waals surface area contributed by atoms with Gasteiger partial charge in [0.05, 0.1) is 0 Å². The van der Waals surface area contributed by atoms with Gasteiger partial charge in [-0.2, -0.15) is 0 Å². The normalized spacial score (nSPS) is 31.2. The van der Waals surface area contributed by atoms with E-state index in [4.69, 9.17) is 0 Å². The van der Waals surface area contributed by atoms with Gasteiger partial charge in [0.2, 0.25) is 0 Å². The summed E-state index contributed by atoms with van der Waals surface area (Å²) in [4.78, 5) is 2.44. The molecule has 0 radical (unpaired) electrons. The van der Waals surface area contributed by atoms with E-state index >= 15 is 0 Å². The average Bonchev–Trinajstić information content (AvgIpc) is 3.02. The molecule has 2 aliphatic carbocycles. The van der Waals surface area contributed by atoms with Gasteiger partial charge < -0.3 is 4.90 Å². The Hall–Kier alpha value is -0.0400. The van der Waals surface area contributed by atoms with Crippen LogP contribution in [0.2, 0.25) is 0 Å². The zero-order valence-electron chi connectivity index (χ0n) is 13.0. The molecule has 4 unspecified atom stereocenters. The summed E-state index contributed by atoms with van der Waals surface area (Å²) in [7, 11) is 4.50. The van der Waals surface area contributed by atoms with Crippen LogP contribution in [0.1, 0.15) is 65.2 Å². The Morgan fingerprint density at radius 2 is 1.94 bits per heavy atom. The van der Waals surface area contributed by atoms with Crippen LogP contribution in [0, 0.1) is 23.7 Å². The van der Waals surface area contributed by atoms with E-state index in [-0.39, 0.29) is 0 Å². The lowest BCUT2D eigenvalue weighted by Gasteiger charge is -2.35. The van der Waals surface area contributed by atoms with E-state index < -0.39 is 0 Å². The minimum Gasteiger partial charge on any atom is -0.306 e. The summed E-state index contributed by atoms with van der Waals surface area (Å²) in [6, 6.07) is 0.896. The molecular formula is C17H33N. The molecule has 0 aliphatic heterocycles. The molecular weight excluding hydrogens is 218 g/mol. The molecule has 2 saturated carbocycles. The molecule has 0 aromatic heterocycles. The first-order valence-corrected chi connectivity index (χ1v) is 8.29. The number of rotatable bonds is 8. The SMILES string of the molecule is CCCCC(CC(C)C1CC1N(C)C)C1CCC1. The topological polar surface area (TPSA) is 3.24 Å².